The average molecular weight is 364 g/mol. The summed E-state index contributed by atoms with van der Waals surface area (Å²) in [5.41, 5.74) is 9.81. The number of nitrogens with two attached hydrogens (primary N) is 1. The third kappa shape index (κ3) is 2.94. The van der Waals surface area contributed by atoms with Gasteiger partial charge in [-0.25, -0.2) is 9.98 Å². The van der Waals surface area contributed by atoms with Crippen LogP contribution in [-0.4, -0.2) is 0 Å². The lowest BCUT2D eigenvalue weighted by Crippen LogP contribution is -2.31. The first-order valence-electron chi connectivity index (χ1n) is 9.36. The fourth-order valence-corrected chi connectivity index (χ4v) is 3.68. The van der Waals surface area contributed by atoms with E-state index in [2.05, 4.69) is 35.6 Å². The summed E-state index contributed by atoms with van der Waals surface area (Å²) in [4.78, 5) is 9.54. The summed E-state index contributed by atoms with van der Waals surface area (Å²) in [7, 11) is 0. The van der Waals surface area contributed by atoms with Crippen molar-refractivity contribution in [3.05, 3.63) is 113 Å². The Morgan fingerprint density at radius 2 is 1.50 bits per heavy atom. The van der Waals surface area contributed by atoms with E-state index in [4.69, 9.17) is 15.7 Å². The molecule has 0 saturated carbocycles. The molecule has 0 aromatic heterocycles. The van der Waals surface area contributed by atoms with E-state index in [-0.39, 0.29) is 0 Å². The second-order valence-corrected chi connectivity index (χ2v) is 7.02. The van der Waals surface area contributed by atoms with Crippen LogP contribution in [-0.2, 0) is 12.3 Å². The molecule has 4 aromatic rings. The number of hydrogen-bond donors (Lipinski definition) is 2. The molecule has 5 rings (SSSR count). The van der Waals surface area contributed by atoms with Crippen molar-refractivity contribution in [2.24, 2.45) is 15.7 Å². The van der Waals surface area contributed by atoms with Crippen molar-refractivity contribution in [3.8, 4) is 0 Å². The molecule has 1 unspecified atom stereocenters. The number of hydrogen-bond acceptors (Lipinski definition) is 4. The molecule has 4 nitrogen and oxygen atoms in total. The van der Waals surface area contributed by atoms with Gasteiger partial charge in [0, 0.05) is 17.8 Å². The maximum atomic E-state index is 6.66. The van der Waals surface area contributed by atoms with Gasteiger partial charge < -0.3 is 5.32 Å². The van der Waals surface area contributed by atoms with Gasteiger partial charge in [-0.05, 0) is 34.5 Å². The van der Waals surface area contributed by atoms with E-state index in [9.17, 15) is 0 Å². The van der Waals surface area contributed by atoms with Gasteiger partial charge in [0.2, 0.25) is 5.79 Å². The molecule has 136 valence electrons. The van der Waals surface area contributed by atoms with Crippen molar-refractivity contribution in [2.75, 3.05) is 5.32 Å². The van der Waals surface area contributed by atoms with Crippen molar-refractivity contribution in [3.63, 3.8) is 0 Å². The van der Waals surface area contributed by atoms with Gasteiger partial charge in [0.05, 0.1) is 10.7 Å². The van der Waals surface area contributed by atoms with E-state index in [1.54, 1.807) is 0 Å². The minimum atomic E-state index is -1.10. The molecule has 28 heavy (non-hydrogen) atoms. The van der Waals surface area contributed by atoms with Crippen LogP contribution in [0.1, 0.15) is 11.1 Å². The number of rotatable bonds is 4. The average Bonchev–Trinajstić information content (AvgIpc) is 3.09. The van der Waals surface area contributed by atoms with Crippen LogP contribution in [0.5, 0.6) is 0 Å². The predicted molar refractivity (Wildman–Crippen MR) is 112 cm³/mol. The van der Waals surface area contributed by atoms with E-state index >= 15 is 0 Å². The van der Waals surface area contributed by atoms with E-state index in [1.165, 1.54) is 5.56 Å². The largest absolute Gasteiger partial charge is 0.381 e. The van der Waals surface area contributed by atoms with Crippen LogP contribution in [0.25, 0.3) is 10.8 Å². The third-order valence-corrected chi connectivity index (χ3v) is 5.08. The zero-order chi connectivity index (χ0) is 19.0. The van der Waals surface area contributed by atoms with E-state index in [1.807, 2.05) is 60.7 Å². The van der Waals surface area contributed by atoms with Crippen LogP contribution < -0.4 is 21.8 Å². The van der Waals surface area contributed by atoms with Gasteiger partial charge in [-0.2, -0.15) is 0 Å². The number of nitrogens with one attached hydrogen (secondary N) is 1. The minimum Gasteiger partial charge on any atom is -0.381 e. The highest BCUT2D eigenvalue weighted by atomic mass is 15.2. The summed E-state index contributed by atoms with van der Waals surface area (Å²) in [6.45, 7) is 0.758. The second kappa shape index (κ2) is 6.59. The van der Waals surface area contributed by atoms with Crippen molar-refractivity contribution in [1.29, 1.82) is 0 Å². The van der Waals surface area contributed by atoms with Gasteiger partial charge in [0.15, 0.2) is 0 Å². The predicted octanol–water partition coefficient (Wildman–Crippen LogP) is 3.47. The number of anilines is 1. The zero-order valence-electron chi connectivity index (χ0n) is 15.3. The molecule has 1 atom stereocenters. The lowest BCUT2D eigenvalue weighted by molar-refractivity contribution is 0.496. The van der Waals surface area contributed by atoms with Crippen LogP contribution in [0.15, 0.2) is 101 Å². The standard InChI is InChI=1S/C24H20N4/c25-24(21-12-6-10-18-9-4-5-11-20(18)21)27-22-14-13-19(15-23(22)28-24)26-16-17-7-2-1-3-8-17/h1-15,26H,16,25H2. The van der Waals surface area contributed by atoms with Crippen molar-refractivity contribution < 1.29 is 0 Å². The highest BCUT2D eigenvalue weighted by Crippen LogP contribution is 2.29. The Morgan fingerprint density at radius 3 is 2.39 bits per heavy atom. The lowest BCUT2D eigenvalue weighted by atomic mass is 10.00. The summed E-state index contributed by atoms with van der Waals surface area (Å²) >= 11 is 0. The number of nitrogens with zero attached hydrogens (tertiary/aromatic N) is 2. The first-order valence-corrected chi connectivity index (χ1v) is 9.36. The molecule has 4 aromatic carbocycles. The van der Waals surface area contributed by atoms with E-state index in [0.29, 0.717) is 0 Å². The summed E-state index contributed by atoms with van der Waals surface area (Å²) in [5, 5.41) is 7.29. The lowest BCUT2D eigenvalue weighted by Gasteiger charge is -2.19. The molecule has 1 aliphatic rings. The molecule has 3 N–H and O–H groups in total. The Balaban J connectivity index is 1.51. The van der Waals surface area contributed by atoms with Crippen LogP contribution in [0.3, 0.4) is 0 Å². The molecule has 0 aliphatic carbocycles. The van der Waals surface area contributed by atoms with E-state index < -0.39 is 5.79 Å². The van der Waals surface area contributed by atoms with E-state index in [0.717, 1.165) is 39.3 Å². The van der Waals surface area contributed by atoms with Gasteiger partial charge in [-0.3, -0.25) is 5.73 Å². The molecule has 0 amide bonds. The highest BCUT2D eigenvalue weighted by Gasteiger charge is 2.30. The van der Waals surface area contributed by atoms with Crippen LogP contribution in [0.4, 0.5) is 5.69 Å². The molecule has 0 saturated heterocycles. The Bertz CT molecular complexity index is 1280. The number of fused-ring (bicyclic) bond motifs is 2. The molecular formula is C24H20N4. The minimum absolute atomic E-state index is 0.758. The van der Waals surface area contributed by atoms with Crippen LogP contribution in [0, 0.1) is 0 Å². The summed E-state index contributed by atoms with van der Waals surface area (Å²) in [6, 6.07) is 30.6. The highest BCUT2D eigenvalue weighted by molar-refractivity contribution is 5.86. The fourth-order valence-electron chi connectivity index (χ4n) is 3.68. The van der Waals surface area contributed by atoms with Gasteiger partial charge in [0.1, 0.15) is 0 Å². The van der Waals surface area contributed by atoms with Crippen molar-refractivity contribution in [2.45, 2.75) is 12.3 Å². The Labute approximate surface area is 163 Å². The van der Waals surface area contributed by atoms with Gasteiger partial charge >= 0.3 is 0 Å². The maximum Gasteiger partial charge on any atom is 0.230 e. The quantitative estimate of drug-likeness (QED) is 0.582. The first-order chi connectivity index (χ1) is 13.7. The summed E-state index contributed by atoms with van der Waals surface area (Å²) in [5.74, 6) is -1.10. The van der Waals surface area contributed by atoms with Gasteiger partial charge in [-0.15, -0.1) is 0 Å². The Hall–Kier alpha value is -3.50. The van der Waals surface area contributed by atoms with Crippen molar-refractivity contribution >= 4 is 16.5 Å². The smallest absolute Gasteiger partial charge is 0.230 e. The Morgan fingerprint density at radius 1 is 0.750 bits per heavy atom. The molecule has 4 heteroatoms. The third-order valence-electron chi connectivity index (χ3n) is 5.08. The normalized spacial score (nSPS) is 17.6. The molecule has 0 bridgehead atoms. The Kier molecular flexibility index (Phi) is 3.92. The molecule has 0 spiro atoms. The summed E-state index contributed by atoms with van der Waals surface area (Å²) in [6.07, 6.45) is 0. The monoisotopic (exact) mass is 364 g/mol. The molecule has 0 fully saturated rings. The van der Waals surface area contributed by atoms with Crippen LogP contribution >= 0.6 is 0 Å². The maximum absolute atomic E-state index is 6.66. The fraction of sp³-hybridized carbons (Fsp3) is 0.0833. The molecule has 0 radical (unpaired) electrons. The second-order valence-electron chi connectivity index (χ2n) is 7.02. The topological polar surface area (TPSA) is 62.8 Å². The molecule has 1 aliphatic heterocycles. The number of benzene rings is 4. The molecular weight excluding hydrogens is 344 g/mol. The van der Waals surface area contributed by atoms with Crippen LogP contribution in [0.2, 0.25) is 0 Å². The van der Waals surface area contributed by atoms with Gasteiger partial charge in [0.25, 0.3) is 0 Å². The van der Waals surface area contributed by atoms with Crippen molar-refractivity contribution in [1.82, 2.24) is 0 Å². The SMILES string of the molecule is NC1(c2cccc3ccccc23)N=c2ccc(NCc3ccccc3)cc2=N1. The molecule has 1 heterocycles. The zero-order valence-corrected chi connectivity index (χ0v) is 15.3. The first kappa shape index (κ1) is 16.7. The van der Waals surface area contributed by atoms with Gasteiger partial charge in [-0.1, -0.05) is 72.8 Å². The summed E-state index contributed by atoms with van der Waals surface area (Å²) < 4.78 is 0.